The van der Waals surface area contributed by atoms with Crippen LogP contribution in [0.15, 0.2) is 89.9 Å². The van der Waals surface area contributed by atoms with Crippen LogP contribution in [0, 0.1) is 0 Å². The van der Waals surface area contributed by atoms with Crippen LogP contribution in [0.4, 0.5) is 0 Å². The van der Waals surface area contributed by atoms with Gasteiger partial charge in [0.1, 0.15) is 6.04 Å². The molecule has 0 aliphatic heterocycles. The number of nitrogens with two attached hydrogens (primary N) is 3. The number of aliphatic imine (C=N–C) groups is 1. The second-order valence-electron chi connectivity index (χ2n) is 9.16. The summed E-state index contributed by atoms with van der Waals surface area (Å²) in [5.74, 6) is -1.29. The Labute approximate surface area is 234 Å². The Bertz CT molecular complexity index is 1340. The first kappa shape index (κ1) is 30.3. The van der Waals surface area contributed by atoms with E-state index in [0.29, 0.717) is 24.9 Å². The number of nitrogens with zero attached hydrogens (tertiary/aromatic N) is 1. The van der Waals surface area contributed by atoms with Crippen LogP contribution < -0.4 is 32.0 Å². The lowest BCUT2D eigenvalue weighted by molar-refractivity contribution is -0.129. The van der Waals surface area contributed by atoms with Crippen molar-refractivity contribution in [3.63, 3.8) is 0 Å². The predicted molar refractivity (Wildman–Crippen MR) is 155 cm³/mol. The second-order valence-corrected chi connectivity index (χ2v) is 10.5. The maximum atomic E-state index is 13.6. The Morgan fingerprint density at radius 3 is 1.80 bits per heavy atom. The normalized spacial score (nSPS) is 11.9. The van der Waals surface area contributed by atoms with E-state index in [2.05, 4.69) is 20.3 Å². The summed E-state index contributed by atoms with van der Waals surface area (Å²) in [4.78, 5) is 30.9. The van der Waals surface area contributed by atoms with Crippen molar-refractivity contribution in [3.8, 4) is 0 Å². The molecular weight excluding hydrogens is 530 g/mol. The number of amides is 2. The Morgan fingerprint density at radius 1 is 0.775 bits per heavy atom. The van der Waals surface area contributed by atoms with Gasteiger partial charge in [0.2, 0.25) is 11.8 Å². The van der Waals surface area contributed by atoms with Crippen LogP contribution in [0.1, 0.15) is 41.0 Å². The minimum absolute atomic E-state index is 0.0408. The number of hydrogen-bond acceptors (Lipinski definition) is 5. The fourth-order valence-corrected chi connectivity index (χ4v) is 4.45. The molecule has 12 heteroatoms. The summed E-state index contributed by atoms with van der Waals surface area (Å²) >= 11 is 0. The first-order valence-corrected chi connectivity index (χ1v) is 14.3. The van der Waals surface area contributed by atoms with Gasteiger partial charge in [0.15, 0.2) is 5.96 Å². The molecule has 40 heavy (non-hydrogen) atoms. The molecule has 0 unspecified atom stereocenters. The van der Waals surface area contributed by atoms with Crippen LogP contribution in [-0.4, -0.2) is 38.8 Å². The first-order chi connectivity index (χ1) is 19.1. The van der Waals surface area contributed by atoms with Gasteiger partial charge in [-0.15, -0.1) is 0 Å². The zero-order chi connectivity index (χ0) is 29.0. The molecule has 0 saturated carbocycles. The highest BCUT2D eigenvalue weighted by Crippen LogP contribution is 2.25. The van der Waals surface area contributed by atoms with Gasteiger partial charge in [0.25, 0.3) is 10.2 Å². The van der Waals surface area contributed by atoms with E-state index in [4.69, 9.17) is 16.6 Å². The van der Waals surface area contributed by atoms with Gasteiger partial charge in [-0.05, 0) is 35.1 Å². The van der Waals surface area contributed by atoms with Crippen molar-refractivity contribution in [3.05, 3.63) is 107 Å². The van der Waals surface area contributed by atoms with E-state index in [1.807, 2.05) is 60.7 Å². The van der Waals surface area contributed by atoms with Crippen LogP contribution in [-0.2, 0) is 32.9 Å². The lowest BCUT2D eigenvalue weighted by Crippen LogP contribution is -2.48. The molecule has 0 heterocycles. The minimum Gasteiger partial charge on any atom is -0.370 e. The van der Waals surface area contributed by atoms with Crippen molar-refractivity contribution in [2.45, 2.75) is 37.9 Å². The third-order valence-electron chi connectivity index (χ3n) is 6.07. The van der Waals surface area contributed by atoms with Gasteiger partial charge in [-0.25, -0.2) is 5.14 Å². The zero-order valence-electron chi connectivity index (χ0n) is 22.0. The first-order valence-electron chi connectivity index (χ1n) is 12.7. The van der Waals surface area contributed by atoms with Crippen molar-refractivity contribution < 1.29 is 18.0 Å². The molecule has 0 aromatic heterocycles. The average molecular weight is 566 g/mol. The van der Waals surface area contributed by atoms with Crippen LogP contribution in [0.2, 0.25) is 0 Å². The topological polar surface area (TPSA) is 195 Å². The molecule has 212 valence electrons. The lowest BCUT2D eigenvalue weighted by atomic mass is 9.90. The van der Waals surface area contributed by atoms with Crippen molar-refractivity contribution in [2.24, 2.45) is 21.6 Å². The molecule has 3 aromatic rings. The van der Waals surface area contributed by atoms with Gasteiger partial charge in [0.05, 0.1) is 5.92 Å². The summed E-state index contributed by atoms with van der Waals surface area (Å²) in [5.41, 5.74) is 14.0. The summed E-state index contributed by atoms with van der Waals surface area (Å²) < 4.78 is 24.4. The van der Waals surface area contributed by atoms with Gasteiger partial charge in [-0.2, -0.15) is 13.1 Å². The van der Waals surface area contributed by atoms with E-state index in [0.717, 1.165) is 16.7 Å². The fourth-order valence-electron chi connectivity index (χ4n) is 4.08. The molecular formula is C28H35N7O4S. The summed E-state index contributed by atoms with van der Waals surface area (Å²) in [6.45, 7) is 0.582. The van der Waals surface area contributed by atoms with Crippen LogP contribution >= 0.6 is 0 Å². The highest BCUT2D eigenvalue weighted by molar-refractivity contribution is 7.87. The minimum atomic E-state index is -3.79. The molecule has 0 aliphatic rings. The Balaban J connectivity index is 1.71. The van der Waals surface area contributed by atoms with E-state index >= 15 is 0 Å². The van der Waals surface area contributed by atoms with Crippen molar-refractivity contribution in [1.82, 2.24) is 15.4 Å². The summed E-state index contributed by atoms with van der Waals surface area (Å²) in [6, 6.07) is 25.0. The monoisotopic (exact) mass is 565 g/mol. The fraction of sp³-hybridized carbons (Fsp3) is 0.250. The predicted octanol–water partition coefficient (Wildman–Crippen LogP) is 0.966. The second kappa shape index (κ2) is 14.8. The SMILES string of the molecule is NC(N)=NCCC[C@@H](NC(=O)C(c1ccccc1)c1ccccc1)C(=O)NCc1ccc(CNS(N)(=O)=O)cc1. The Hall–Kier alpha value is -4.26. The van der Waals surface area contributed by atoms with Crippen molar-refractivity contribution in [1.29, 1.82) is 0 Å². The molecule has 0 saturated heterocycles. The molecule has 0 radical (unpaired) electrons. The number of benzene rings is 3. The molecule has 0 fully saturated rings. The maximum Gasteiger partial charge on any atom is 0.274 e. The highest BCUT2D eigenvalue weighted by Gasteiger charge is 2.27. The van der Waals surface area contributed by atoms with Gasteiger partial charge < -0.3 is 22.1 Å². The third-order valence-corrected chi connectivity index (χ3v) is 6.62. The molecule has 0 bridgehead atoms. The largest absolute Gasteiger partial charge is 0.370 e. The smallest absolute Gasteiger partial charge is 0.274 e. The third kappa shape index (κ3) is 10.1. The summed E-state index contributed by atoms with van der Waals surface area (Å²) in [5, 5.41) is 10.8. The Kier molecular flexibility index (Phi) is 11.2. The molecule has 0 aliphatic carbocycles. The quantitative estimate of drug-likeness (QED) is 0.0957. The average Bonchev–Trinajstić information content (AvgIpc) is 2.93. The molecule has 2 amide bonds. The Morgan fingerprint density at radius 2 is 1.30 bits per heavy atom. The molecule has 3 rings (SSSR count). The molecule has 0 spiro atoms. The van der Waals surface area contributed by atoms with E-state index in [-0.39, 0.29) is 30.9 Å². The molecule has 3 aromatic carbocycles. The lowest BCUT2D eigenvalue weighted by Gasteiger charge is -2.23. The van der Waals surface area contributed by atoms with E-state index in [9.17, 15) is 18.0 Å². The van der Waals surface area contributed by atoms with Gasteiger partial charge in [0, 0.05) is 19.6 Å². The number of carbonyl (C=O) groups is 2. The number of guanidine groups is 1. The van der Waals surface area contributed by atoms with E-state index < -0.39 is 22.2 Å². The standard InChI is InChI=1S/C28H35N7O4S/c29-28(30)32-17-7-12-24(26(36)33-18-20-13-15-21(16-14-20)19-34-40(31,38)39)35-27(37)25(22-8-3-1-4-9-22)23-10-5-2-6-11-23/h1-6,8-11,13-16,24-25,34H,7,12,17-19H2,(H,33,36)(H,35,37)(H4,29,30,32)(H2,31,38,39)/t24-/m1/s1. The maximum absolute atomic E-state index is 13.6. The van der Waals surface area contributed by atoms with Gasteiger partial charge >= 0.3 is 0 Å². The van der Waals surface area contributed by atoms with Crippen LogP contribution in [0.5, 0.6) is 0 Å². The number of hydrogen-bond donors (Lipinski definition) is 6. The zero-order valence-corrected chi connectivity index (χ0v) is 22.8. The summed E-state index contributed by atoms with van der Waals surface area (Å²) in [6.07, 6.45) is 0.798. The molecule has 1 atom stereocenters. The number of rotatable bonds is 14. The van der Waals surface area contributed by atoms with Gasteiger partial charge in [-0.3, -0.25) is 14.6 Å². The number of nitrogens with one attached hydrogen (secondary N) is 3. The molecule has 9 N–H and O–H groups in total. The van der Waals surface area contributed by atoms with Gasteiger partial charge in [-0.1, -0.05) is 84.9 Å². The van der Waals surface area contributed by atoms with Crippen molar-refractivity contribution >= 4 is 28.0 Å². The molecule has 11 nitrogen and oxygen atoms in total. The summed E-state index contributed by atoms with van der Waals surface area (Å²) in [7, 11) is -3.79. The van der Waals surface area contributed by atoms with Crippen LogP contribution in [0.25, 0.3) is 0 Å². The van der Waals surface area contributed by atoms with E-state index in [1.54, 1.807) is 24.3 Å². The van der Waals surface area contributed by atoms with Crippen molar-refractivity contribution in [2.75, 3.05) is 6.54 Å². The van der Waals surface area contributed by atoms with E-state index in [1.165, 1.54) is 0 Å². The van der Waals surface area contributed by atoms with Crippen LogP contribution in [0.3, 0.4) is 0 Å². The number of carbonyl (C=O) groups excluding carboxylic acids is 2. The highest BCUT2D eigenvalue weighted by atomic mass is 32.2.